The zero-order valence-electron chi connectivity index (χ0n) is 10.9. The molecule has 8 heteroatoms. The minimum absolute atomic E-state index is 0.0217. The molecule has 0 fully saturated rings. The lowest BCUT2D eigenvalue weighted by Gasteiger charge is -2.07. The monoisotopic (exact) mass is 307 g/mol. The highest BCUT2D eigenvalue weighted by molar-refractivity contribution is 6.34. The highest BCUT2D eigenvalue weighted by atomic mass is 35.5. The quantitative estimate of drug-likeness (QED) is 0.694. The van der Waals surface area contributed by atoms with Crippen molar-refractivity contribution in [2.45, 2.75) is 0 Å². The topological polar surface area (TPSA) is 94.2 Å². The van der Waals surface area contributed by atoms with E-state index in [0.29, 0.717) is 5.69 Å². The first kappa shape index (κ1) is 14.7. The lowest BCUT2D eigenvalue weighted by molar-refractivity contribution is -0.384. The fourth-order valence-corrected chi connectivity index (χ4v) is 1.93. The molecule has 1 aromatic carbocycles. The van der Waals surface area contributed by atoms with E-state index in [1.807, 2.05) is 0 Å². The van der Waals surface area contributed by atoms with Crippen molar-refractivity contribution in [3.8, 4) is 0 Å². The number of nitro groups is 1. The number of hydrogen-bond donors (Lipinski definition) is 1. The Kier molecular flexibility index (Phi) is 4.04. The van der Waals surface area contributed by atoms with Gasteiger partial charge in [-0.15, -0.1) is 0 Å². The van der Waals surface area contributed by atoms with Crippen LogP contribution in [0.1, 0.15) is 10.4 Å². The molecular weight excluding hydrogens is 298 g/mol. The average Bonchev–Trinajstić information content (AvgIpc) is 2.42. The van der Waals surface area contributed by atoms with E-state index >= 15 is 0 Å². The molecule has 0 unspecified atom stereocenters. The van der Waals surface area contributed by atoms with Crippen LogP contribution in [0.4, 0.5) is 11.4 Å². The molecule has 0 aliphatic heterocycles. The SMILES string of the molecule is Cn1cc(NC(=O)c2ccc([N+](=O)[O-])cc2Cl)ccc1=O. The number of hydrogen-bond acceptors (Lipinski definition) is 4. The number of rotatable bonds is 3. The summed E-state index contributed by atoms with van der Waals surface area (Å²) < 4.78 is 1.31. The molecule has 21 heavy (non-hydrogen) atoms. The summed E-state index contributed by atoms with van der Waals surface area (Å²) in [6.45, 7) is 0. The first-order valence-corrected chi connectivity index (χ1v) is 6.18. The average molecular weight is 308 g/mol. The molecule has 0 aliphatic carbocycles. The van der Waals surface area contributed by atoms with Crippen LogP contribution in [0.15, 0.2) is 41.3 Å². The third-order valence-electron chi connectivity index (χ3n) is 2.75. The summed E-state index contributed by atoms with van der Waals surface area (Å²) in [6.07, 6.45) is 1.46. The van der Waals surface area contributed by atoms with Gasteiger partial charge in [-0.2, -0.15) is 0 Å². The van der Waals surface area contributed by atoms with Crippen LogP contribution >= 0.6 is 11.6 Å². The zero-order chi connectivity index (χ0) is 15.6. The molecule has 108 valence electrons. The Bertz CT molecular complexity index is 785. The Morgan fingerprint density at radius 3 is 2.62 bits per heavy atom. The van der Waals surface area contributed by atoms with Gasteiger partial charge in [-0.05, 0) is 12.1 Å². The minimum Gasteiger partial charge on any atom is -0.321 e. The van der Waals surface area contributed by atoms with E-state index in [1.54, 1.807) is 7.05 Å². The number of carbonyl (C=O) groups excluding carboxylic acids is 1. The molecule has 0 saturated carbocycles. The van der Waals surface area contributed by atoms with Crippen molar-refractivity contribution in [3.05, 3.63) is 67.6 Å². The van der Waals surface area contributed by atoms with Crippen LogP contribution in [0.2, 0.25) is 5.02 Å². The molecule has 0 aliphatic rings. The van der Waals surface area contributed by atoms with Crippen molar-refractivity contribution < 1.29 is 9.72 Å². The number of pyridine rings is 1. The third-order valence-corrected chi connectivity index (χ3v) is 3.06. The van der Waals surface area contributed by atoms with E-state index in [1.165, 1.54) is 35.0 Å². The van der Waals surface area contributed by atoms with E-state index in [4.69, 9.17) is 11.6 Å². The van der Waals surface area contributed by atoms with Gasteiger partial charge < -0.3 is 9.88 Å². The fraction of sp³-hybridized carbons (Fsp3) is 0.0769. The van der Waals surface area contributed by atoms with E-state index < -0.39 is 10.8 Å². The second kappa shape index (κ2) is 5.76. The van der Waals surface area contributed by atoms with Crippen molar-refractivity contribution in [2.24, 2.45) is 7.05 Å². The molecule has 7 nitrogen and oxygen atoms in total. The molecular formula is C13H10ClN3O4. The van der Waals surface area contributed by atoms with E-state index in [0.717, 1.165) is 6.07 Å². The van der Waals surface area contributed by atoms with Gasteiger partial charge in [-0.25, -0.2) is 0 Å². The van der Waals surface area contributed by atoms with E-state index in [9.17, 15) is 19.7 Å². The predicted molar refractivity (Wildman–Crippen MR) is 77.7 cm³/mol. The molecule has 1 N–H and O–H groups in total. The second-order valence-electron chi connectivity index (χ2n) is 4.24. The summed E-state index contributed by atoms with van der Waals surface area (Å²) in [7, 11) is 1.55. The van der Waals surface area contributed by atoms with Gasteiger partial charge in [-0.3, -0.25) is 19.7 Å². The standard InChI is InChI=1S/C13H10ClN3O4/c1-16-7-8(2-5-12(16)18)15-13(19)10-4-3-9(17(20)21)6-11(10)14/h2-7H,1H3,(H,15,19). The molecule has 2 aromatic rings. The number of anilines is 1. The van der Waals surface area contributed by atoms with Gasteiger partial charge in [0.2, 0.25) is 5.56 Å². The molecule has 0 radical (unpaired) electrons. The number of nitrogens with zero attached hydrogens (tertiary/aromatic N) is 2. The van der Waals surface area contributed by atoms with Crippen LogP contribution in [0.5, 0.6) is 0 Å². The number of halogens is 1. The minimum atomic E-state index is -0.597. The summed E-state index contributed by atoms with van der Waals surface area (Å²) in [5.74, 6) is -0.520. The Morgan fingerprint density at radius 1 is 1.33 bits per heavy atom. The van der Waals surface area contributed by atoms with Gasteiger partial charge in [0.1, 0.15) is 0 Å². The first-order valence-electron chi connectivity index (χ1n) is 5.80. The molecule has 0 atom stereocenters. The highest BCUT2D eigenvalue weighted by Crippen LogP contribution is 2.23. The maximum Gasteiger partial charge on any atom is 0.270 e. The maximum atomic E-state index is 12.1. The van der Waals surface area contributed by atoms with Crippen LogP contribution in [0.3, 0.4) is 0 Å². The largest absolute Gasteiger partial charge is 0.321 e. The third kappa shape index (κ3) is 3.26. The summed E-state index contributed by atoms with van der Waals surface area (Å²) in [4.78, 5) is 33.3. The molecule has 1 aromatic heterocycles. The summed E-state index contributed by atoms with van der Waals surface area (Å²) >= 11 is 5.87. The normalized spacial score (nSPS) is 10.2. The van der Waals surface area contributed by atoms with Gasteiger partial charge in [0.25, 0.3) is 11.6 Å². The summed E-state index contributed by atoms with van der Waals surface area (Å²) in [6, 6.07) is 6.35. The van der Waals surface area contributed by atoms with Gasteiger partial charge in [0.15, 0.2) is 0 Å². The summed E-state index contributed by atoms with van der Waals surface area (Å²) in [5, 5.41) is 13.1. The first-order chi connectivity index (χ1) is 9.88. The maximum absolute atomic E-state index is 12.1. The highest BCUT2D eigenvalue weighted by Gasteiger charge is 2.15. The number of carbonyl (C=O) groups is 1. The van der Waals surface area contributed by atoms with Crippen molar-refractivity contribution in [1.29, 1.82) is 0 Å². The van der Waals surface area contributed by atoms with Crippen molar-refractivity contribution in [2.75, 3.05) is 5.32 Å². The molecule has 0 spiro atoms. The van der Waals surface area contributed by atoms with Crippen LogP contribution in [-0.4, -0.2) is 15.4 Å². The molecule has 0 bridgehead atoms. The van der Waals surface area contributed by atoms with Gasteiger partial charge in [0.05, 0.1) is 21.2 Å². The van der Waals surface area contributed by atoms with Gasteiger partial charge >= 0.3 is 0 Å². The number of amides is 1. The number of benzene rings is 1. The van der Waals surface area contributed by atoms with Crippen molar-refractivity contribution in [1.82, 2.24) is 4.57 Å². The predicted octanol–water partition coefficient (Wildman–Crippen LogP) is 2.20. The number of nitrogens with one attached hydrogen (secondary N) is 1. The number of aromatic nitrogens is 1. The second-order valence-corrected chi connectivity index (χ2v) is 4.65. The lowest BCUT2D eigenvalue weighted by Crippen LogP contribution is -2.18. The Hall–Kier alpha value is -2.67. The smallest absolute Gasteiger partial charge is 0.270 e. The number of non-ortho nitro benzene ring substituents is 1. The van der Waals surface area contributed by atoms with E-state index in [-0.39, 0.29) is 21.8 Å². The summed E-state index contributed by atoms with van der Waals surface area (Å²) in [5.41, 5.74) is 0.118. The van der Waals surface area contributed by atoms with Crippen LogP contribution in [0, 0.1) is 10.1 Å². The molecule has 1 amide bonds. The molecule has 2 rings (SSSR count). The number of nitro benzene ring substituents is 1. The Labute approximate surface area is 123 Å². The fourth-order valence-electron chi connectivity index (χ4n) is 1.67. The Balaban J connectivity index is 2.26. The van der Waals surface area contributed by atoms with Crippen LogP contribution in [0.25, 0.3) is 0 Å². The van der Waals surface area contributed by atoms with Crippen molar-refractivity contribution in [3.63, 3.8) is 0 Å². The van der Waals surface area contributed by atoms with Gasteiger partial charge in [-0.1, -0.05) is 11.6 Å². The molecule has 0 saturated heterocycles. The molecule has 1 heterocycles. The van der Waals surface area contributed by atoms with E-state index in [2.05, 4.69) is 5.32 Å². The Morgan fingerprint density at radius 2 is 2.05 bits per heavy atom. The van der Waals surface area contributed by atoms with Crippen LogP contribution < -0.4 is 10.9 Å². The van der Waals surface area contributed by atoms with Crippen LogP contribution in [-0.2, 0) is 7.05 Å². The van der Waals surface area contributed by atoms with Crippen molar-refractivity contribution >= 4 is 28.9 Å². The number of aryl methyl sites for hydroxylation is 1. The zero-order valence-corrected chi connectivity index (χ0v) is 11.6. The van der Waals surface area contributed by atoms with Gasteiger partial charge in [0, 0.05) is 31.4 Å². The lowest BCUT2D eigenvalue weighted by atomic mass is 10.2.